The minimum atomic E-state index is -4.41. The summed E-state index contributed by atoms with van der Waals surface area (Å²) in [5, 5.41) is 3.19. The summed E-state index contributed by atoms with van der Waals surface area (Å²) in [4.78, 5) is 3.81. The van der Waals surface area contributed by atoms with Gasteiger partial charge in [-0.25, -0.2) is 4.98 Å². The normalized spacial score (nSPS) is 24.3. The van der Waals surface area contributed by atoms with Crippen LogP contribution in [0.15, 0.2) is 12.3 Å². The zero-order valence-electron chi connectivity index (χ0n) is 10.6. The molecule has 2 rings (SSSR count). The summed E-state index contributed by atoms with van der Waals surface area (Å²) >= 11 is 5.88. The largest absolute Gasteiger partial charge is 0.417 e. The SMILES string of the molecule is CC1CCCCC1Nc1ncc(C(F)(F)F)cc1Cl. The van der Waals surface area contributed by atoms with Crippen molar-refractivity contribution in [3.05, 3.63) is 22.8 Å². The Morgan fingerprint density at radius 3 is 2.58 bits per heavy atom. The van der Waals surface area contributed by atoms with Crippen molar-refractivity contribution in [1.29, 1.82) is 0 Å². The molecule has 6 heteroatoms. The molecule has 2 unspecified atom stereocenters. The first-order chi connectivity index (χ1) is 8.88. The Morgan fingerprint density at radius 1 is 1.32 bits per heavy atom. The van der Waals surface area contributed by atoms with Crippen LogP contribution in [0.5, 0.6) is 0 Å². The van der Waals surface area contributed by atoms with E-state index in [0.717, 1.165) is 31.5 Å². The molecule has 19 heavy (non-hydrogen) atoms. The summed E-state index contributed by atoms with van der Waals surface area (Å²) in [7, 11) is 0. The average Bonchev–Trinajstić information content (AvgIpc) is 2.33. The molecule has 1 N–H and O–H groups in total. The molecule has 2 nitrogen and oxygen atoms in total. The maximum absolute atomic E-state index is 12.5. The maximum atomic E-state index is 12.5. The summed E-state index contributed by atoms with van der Waals surface area (Å²) in [6.45, 7) is 2.13. The van der Waals surface area contributed by atoms with Crippen molar-refractivity contribution >= 4 is 17.4 Å². The number of hydrogen-bond donors (Lipinski definition) is 1. The molecule has 0 aromatic carbocycles. The third-order valence-corrected chi connectivity index (χ3v) is 3.89. The highest BCUT2D eigenvalue weighted by Crippen LogP contribution is 2.34. The number of rotatable bonds is 2. The van der Waals surface area contributed by atoms with Crippen LogP contribution >= 0.6 is 11.6 Å². The Morgan fingerprint density at radius 2 is 2.00 bits per heavy atom. The van der Waals surface area contributed by atoms with Crippen LogP contribution in [0, 0.1) is 5.92 Å². The molecule has 0 amide bonds. The number of alkyl halides is 3. The molecular weight excluding hydrogens is 277 g/mol. The lowest BCUT2D eigenvalue weighted by Gasteiger charge is -2.30. The Bertz CT molecular complexity index is 448. The van der Waals surface area contributed by atoms with Crippen LogP contribution in [0.2, 0.25) is 5.02 Å². The Balaban J connectivity index is 2.13. The lowest BCUT2D eigenvalue weighted by atomic mass is 9.86. The molecule has 0 spiro atoms. The zero-order chi connectivity index (χ0) is 14.0. The van der Waals surface area contributed by atoms with E-state index in [0.29, 0.717) is 11.7 Å². The first kappa shape index (κ1) is 14.4. The van der Waals surface area contributed by atoms with E-state index in [-0.39, 0.29) is 11.1 Å². The summed E-state index contributed by atoms with van der Waals surface area (Å²) in [6, 6.07) is 1.15. The predicted molar refractivity (Wildman–Crippen MR) is 69.3 cm³/mol. The van der Waals surface area contributed by atoms with Crippen LogP contribution < -0.4 is 5.32 Å². The van der Waals surface area contributed by atoms with E-state index in [9.17, 15) is 13.2 Å². The van der Waals surface area contributed by atoms with Gasteiger partial charge in [0.15, 0.2) is 0 Å². The van der Waals surface area contributed by atoms with Crippen molar-refractivity contribution in [1.82, 2.24) is 4.98 Å². The van der Waals surface area contributed by atoms with Crippen molar-refractivity contribution in [2.75, 3.05) is 5.32 Å². The van der Waals surface area contributed by atoms with Crippen molar-refractivity contribution in [3.8, 4) is 0 Å². The third-order valence-electron chi connectivity index (χ3n) is 3.60. The number of nitrogens with one attached hydrogen (secondary N) is 1. The number of nitrogens with zero attached hydrogens (tertiary/aromatic N) is 1. The summed E-state index contributed by atoms with van der Waals surface area (Å²) in [5.74, 6) is 0.822. The molecule has 1 fully saturated rings. The van der Waals surface area contributed by atoms with Crippen LogP contribution in [-0.2, 0) is 6.18 Å². The molecular formula is C13H16ClF3N2. The minimum absolute atomic E-state index is 0.0209. The van der Waals surface area contributed by atoms with Gasteiger partial charge >= 0.3 is 6.18 Å². The highest BCUT2D eigenvalue weighted by molar-refractivity contribution is 6.33. The van der Waals surface area contributed by atoms with E-state index >= 15 is 0 Å². The summed E-state index contributed by atoms with van der Waals surface area (Å²) in [5.41, 5.74) is -0.820. The fraction of sp³-hybridized carbons (Fsp3) is 0.615. The highest BCUT2D eigenvalue weighted by atomic mass is 35.5. The Labute approximate surface area is 115 Å². The second-order valence-corrected chi connectivity index (χ2v) is 5.47. The van der Waals surface area contributed by atoms with Crippen LogP contribution in [0.25, 0.3) is 0 Å². The van der Waals surface area contributed by atoms with Gasteiger partial charge in [-0.05, 0) is 24.8 Å². The average molecular weight is 293 g/mol. The molecule has 0 radical (unpaired) electrons. The molecule has 0 saturated heterocycles. The van der Waals surface area contributed by atoms with Crippen molar-refractivity contribution in [2.45, 2.75) is 44.8 Å². The topological polar surface area (TPSA) is 24.9 Å². The number of hydrogen-bond acceptors (Lipinski definition) is 2. The molecule has 106 valence electrons. The van der Waals surface area contributed by atoms with Crippen LogP contribution in [-0.4, -0.2) is 11.0 Å². The molecule has 0 bridgehead atoms. The summed E-state index contributed by atoms with van der Waals surface area (Å²) in [6.07, 6.45) is 0.860. The molecule has 1 aliphatic rings. The number of aromatic nitrogens is 1. The van der Waals surface area contributed by atoms with Gasteiger partial charge in [0.2, 0.25) is 0 Å². The number of anilines is 1. The molecule has 1 saturated carbocycles. The van der Waals surface area contributed by atoms with E-state index in [1.54, 1.807) is 0 Å². The highest BCUT2D eigenvalue weighted by Gasteiger charge is 2.32. The van der Waals surface area contributed by atoms with Gasteiger partial charge in [-0.1, -0.05) is 31.4 Å². The van der Waals surface area contributed by atoms with Crippen LogP contribution in [0.1, 0.15) is 38.2 Å². The van der Waals surface area contributed by atoms with E-state index in [1.165, 1.54) is 6.42 Å². The third kappa shape index (κ3) is 3.53. The molecule has 1 aliphatic carbocycles. The minimum Gasteiger partial charge on any atom is -0.366 e. The fourth-order valence-corrected chi connectivity index (χ4v) is 2.63. The standard InChI is InChI=1S/C13H16ClF3N2/c1-8-4-2-3-5-11(8)19-12-10(14)6-9(7-18-12)13(15,16)17/h6-8,11H,2-5H2,1H3,(H,18,19). The van der Waals surface area contributed by atoms with Gasteiger partial charge in [-0.2, -0.15) is 13.2 Å². The Kier molecular flexibility index (Phi) is 4.23. The van der Waals surface area contributed by atoms with E-state index in [2.05, 4.69) is 17.2 Å². The second kappa shape index (κ2) is 5.57. The van der Waals surface area contributed by atoms with Gasteiger partial charge in [-0.15, -0.1) is 0 Å². The van der Waals surface area contributed by atoms with Gasteiger partial charge in [0.25, 0.3) is 0 Å². The maximum Gasteiger partial charge on any atom is 0.417 e. The molecule has 1 heterocycles. The van der Waals surface area contributed by atoms with Gasteiger partial charge in [0, 0.05) is 12.2 Å². The summed E-state index contributed by atoms with van der Waals surface area (Å²) < 4.78 is 37.5. The van der Waals surface area contributed by atoms with E-state index in [4.69, 9.17) is 11.6 Å². The lowest BCUT2D eigenvalue weighted by molar-refractivity contribution is -0.137. The van der Waals surface area contributed by atoms with Gasteiger partial charge in [0.1, 0.15) is 5.82 Å². The molecule has 0 aliphatic heterocycles. The van der Waals surface area contributed by atoms with E-state index < -0.39 is 11.7 Å². The van der Waals surface area contributed by atoms with Crippen molar-refractivity contribution < 1.29 is 13.2 Å². The first-order valence-corrected chi connectivity index (χ1v) is 6.75. The molecule has 1 aromatic heterocycles. The fourth-order valence-electron chi connectivity index (χ4n) is 2.41. The van der Waals surface area contributed by atoms with Crippen molar-refractivity contribution in [2.24, 2.45) is 5.92 Å². The van der Waals surface area contributed by atoms with Gasteiger partial charge in [0.05, 0.1) is 10.6 Å². The lowest BCUT2D eigenvalue weighted by Crippen LogP contribution is -2.30. The molecule has 2 atom stereocenters. The van der Waals surface area contributed by atoms with Gasteiger partial charge < -0.3 is 5.32 Å². The second-order valence-electron chi connectivity index (χ2n) is 5.06. The smallest absolute Gasteiger partial charge is 0.366 e. The van der Waals surface area contributed by atoms with Crippen LogP contribution in [0.4, 0.5) is 19.0 Å². The zero-order valence-corrected chi connectivity index (χ0v) is 11.4. The van der Waals surface area contributed by atoms with Crippen LogP contribution in [0.3, 0.4) is 0 Å². The van der Waals surface area contributed by atoms with Crippen molar-refractivity contribution in [3.63, 3.8) is 0 Å². The quantitative estimate of drug-likeness (QED) is 0.851. The monoisotopic (exact) mass is 292 g/mol. The Hall–Kier alpha value is -0.970. The molecule has 1 aromatic rings. The number of halogens is 4. The number of pyridine rings is 1. The predicted octanol–water partition coefficient (Wildman–Crippen LogP) is 4.74. The first-order valence-electron chi connectivity index (χ1n) is 6.37. The van der Waals surface area contributed by atoms with E-state index in [1.807, 2.05) is 0 Å². The van der Waals surface area contributed by atoms with Gasteiger partial charge in [-0.3, -0.25) is 0 Å².